The first-order valence-corrected chi connectivity index (χ1v) is 11.5. The third kappa shape index (κ3) is 6.07. The molecule has 1 aromatic heterocycles. The van der Waals surface area contributed by atoms with Crippen LogP contribution in [0.3, 0.4) is 0 Å². The van der Waals surface area contributed by atoms with Gasteiger partial charge in [0.1, 0.15) is 24.3 Å². The zero-order chi connectivity index (χ0) is 24.8. The number of H-pyrrole nitrogens is 1. The minimum absolute atomic E-state index is 0.0936. The van der Waals surface area contributed by atoms with Crippen LogP contribution in [0.25, 0.3) is 22.0 Å². The van der Waals surface area contributed by atoms with Gasteiger partial charge in [0, 0.05) is 36.3 Å². The molecule has 0 fully saturated rings. The first kappa shape index (κ1) is 24.4. The molecule has 0 saturated carbocycles. The Bertz CT molecular complexity index is 1320. The van der Waals surface area contributed by atoms with Crippen LogP contribution < -0.4 is 10.5 Å². The lowest BCUT2D eigenvalue weighted by Gasteiger charge is -2.15. The monoisotopic (exact) mass is 476 g/mol. The lowest BCUT2D eigenvalue weighted by atomic mass is 9.97. The number of nitrogens with one attached hydrogen (secondary N) is 1. The van der Waals surface area contributed by atoms with Gasteiger partial charge in [0.15, 0.2) is 0 Å². The Hall–Kier alpha value is -3.68. The number of rotatable bonds is 10. The highest BCUT2D eigenvalue weighted by atomic mass is 19.1. The van der Waals surface area contributed by atoms with Crippen molar-refractivity contribution in [3.63, 3.8) is 0 Å². The summed E-state index contributed by atoms with van der Waals surface area (Å²) in [4.78, 5) is 15.6. The number of ether oxygens (including phenoxy) is 3. The summed E-state index contributed by atoms with van der Waals surface area (Å²) in [5.74, 6) is -0.0652. The summed E-state index contributed by atoms with van der Waals surface area (Å²) in [6.45, 7) is 2.65. The van der Waals surface area contributed by atoms with Gasteiger partial charge in [-0.05, 0) is 71.6 Å². The molecule has 0 saturated heterocycles. The molecule has 4 rings (SSSR count). The largest absolute Gasteiger partial charge is 0.489 e. The number of hydrogen-bond acceptors (Lipinski definition) is 5. The quantitative estimate of drug-likeness (QED) is 0.310. The van der Waals surface area contributed by atoms with Gasteiger partial charge in [-0.15, -0.1) is 0 Å². The fraction of sp³-hybridized carbons (Fsp3) is 0.250. The molecular formula is C28H29FN2O4. The number of benzene rings is 3. The normalized spacial score (nSPS) is 12.0. The average molecular weight is 477 g/mol. The van der Waals surface area contributed by atoms with Crippen LogP contribution >= 0.6 is 0 Å². The van der Waals surface area contributed by atoms with Crippen molar-refractivity contribution in [2.24, 2.45) is 5.73 Å². The van der Waals surface area contributed by atoms with Gasteiger partial charge >= 0.3 is 5.97 Å². The molecule has 0 radical (unpaired) electrons. The van der Waals surface area contributed by atoms with E-state index in [9.17, 15) is 9.18 Å². The zero-order valence-corrected chi connectivity index (χ0v) is 19.8. The van der Waals surface area contributed by atoms with Crippen LogP contribution in [0.5, 0.6) is 5.75 Å². The summed E-state index contributed by atoms with van der Waals surface area (Å²) >= 11 is 0. The van der Waals surface area contributed by atoms with Crippen LogP contribution in [0.4, 0.5) is 4.39 Å². The highest BCUT2D eigenvalue weighted by Gasteiger charge is 2.14. The average Bonchev–Trinajstić information content (AvgIpc) is 3.31. The first-order chi connectivity index (χ1) is 17.0. The molecule has 3 N–H and O–H groups in total. The number of carbonyl (C=O) groups is 1. The molecule has 1 heterocycles. The number of fused-ring (bicyclic) bond motifs is 1. The molecule has 0 aliphatic carbocycles. The van der Waals surface area contributed by atoms with E-state index in [1.165, 1.54) is 12.1 Å². The van der Waals surface area contributed by atoms with E-state index in [2.05, 4.69) is 4.98 Å². The van der Waals surface area contributed by atoms with Crippen LogP contribution in [-0.4, -0.2) is 30.8 Å². The molecular weight excluding hydrogens is 447 g/mol. The molecule has 35 heavy (non-hydrogen) atoms. The first-order valence-electron chi connectivity index (χ1n) is 11.5. The predicted octanol–water partition coefficient (Wildman–Crippen LogP) is 5.13. The van der Waals surface area contributed by atoms with E-state index in [0.717, 1.165) is 38.7 Å². The van der Waals surface area contributed by atoms with E-state index in [1.807, 2.05) is 54.7 Å². The number of aromatic nitrogens is 1. The van der Waals surface area contributed by atoms with Gasteiger partial charge in [0.25, 0.3) is 0 Å². The molecule has 0 bridgehead atoms. The van der Waals surface area contributed by atoms with Gasteiger partial charge in [-0.3, -0.25) is 4.79 Å². The SMILES string of the molecule is COCC(C)OC(=O)Cc1ccccc1OCc1cc(-c2cc(F)cc(CN)c2)c2cc[nH]c2c1. The second-order valence-electron chi connectivity index (χ2n) is 8.46. The van der Waals surface area contributed by atoms with Crippen LogP contribution in [0.1, 0.15) is 23.6 Å². The highest BCUT2D eigenvalue weighted by molar-refractivity contribution is 5.95. The van der Waals surface area contributed by atoms with Crippen molar-refractivity contribution in [2.75, 3.05) is 13.7 Å². The number of nitrogens with two attached hydrogens (primary N) is 1. The number of carbonyl (C=O) groups excluding carboxylic acids is 1. The molecule has 3 aromatic carbocycles. The lowest BCUT2D eigenvalue weighted by molar-refractivity contribution is -0.149. The van der Waals surface area contributed by atoms with E-state index >= 15 is 0 Å². The van der Waals surface area contributed by atoms with Crippen LogP contribution in [0.2, 0.25) is 0 Å². The molecule has 7 heteroatoms. The van der Waals surface area contributed by atoms with Crippen molar-refractivity contribution in [1.29, 1.82) is 0 Å². The maximum absolute atomic E-state index is 14.2. The number of esters is 1. The third-order valence-electron chi connectivity index (χ3n) is 5.67. The van der Waals surface area contributed by atoms with Gasteiger partial charge in [-0.2, -0.15) is 0 Å². The van der Waals surface area contributed by atoms with E-state index in [-0.39, 0.29) is 37.5 Å². The van der Waals surface area contributed by atoms with Gasteiger partial charge in [0.05, 0.1) is 13.0 Å². The molecule has 4 aromatic rings. The van der Waals surface area contributed by atoms with Crippen molar-refractivity contribution in [2.45, 2.75) is 32.6 Å². The standard InChI is InChI=1S/C28H29FN2O4/c1-18(16-33-2)35-28(32)14-21-5-3-4-6-27(21)34-17-20-11-25(24-7-8-31-26(24)12-20)22-9-19(15-30)10-23(29)13-22/h3-13,18,31H,14-17,30H2,1-2H3. The van der Waals surface area contributed by atoms with Gasteiger partial charge in [-0.25, -0.2) is 4.39 Å². The van der Waals surface area contributed by atoms with Gasteiger partial charge < -0.3 is 24.9 Å². The minimum Gasteiger partial charge on any atom is -0.489 e. The topological polar surface area (TPSA) is 86.6 Å². The number of methoxy groups -OCH3 is 1. The number of para-hydroxylation sites is 1. The van der Waals surface area contributed by atoms with E-state index in [0.29, 0.717) is 12.4 Å². The minimum atomic E-state index is -0.345. The van der Waals surface area contributed by atoms with Crippen LogP contribution in [0, 0.1) is 5.82 Å². The predicted molar refractivity (Wildman–Crippen MR) is 133 cm³/mol. The molecule has 182 valence electrons. The fourth-order valence-corrected chi connectivity index (χ4v) is 4.11. The lowest BCUT2D eigenvalue weighted by Crippen LogP contribution is -2.21. The Morgan fingerprint density at radius 1 is 1.09 bits per heavy atom. The Labute approximate surface area is 203 Å². The zero-order valence-electron chi connectivity index (χ0n) is 19.8. The summed E-state index contributed by atoms with van der Waals surface area (Å²) < 4.78 is 30.8. The van der Waals surface area contributed by atoms with Gasteiger partial charge in [-0.1, -0.05) is 18.2 Å². The Morgan fingerprint density at radius 3 is 2.71 bits per heavy atom. The third-order valence-corrected chi connectivity index (χ3v) is 5.67. The van der Waals surface area contributed by atoms with E-state index in [1.54, 1.807) is 14.0 Å². The molecule has 0 spiro atoms. The number of hydrogen-bond donors (Lipinski definition) is 2. The summed E-state index contributed by atoms with van der Waals surface area (Å²) in [6, 6.07) is 18.2. The van der Waals surface area contributed by atoms with Crippen molar-refractivity contribution in [1.82, 2.24) is 4.98 Å². The van der Waals surface area contributed by atoms with Crippen LogP contribution in [-0.2, 0) is 33.8 Å². The second kappa shape index (κ2) is 11.2. The van der Waals surface area contributed by atoms with E-state index in [4.69, 9.17) is 19.9 Å². The number of aromatic amines is 1. The molecule has 1 atom stereocenters. The summed E-state index contributed by atoms with van der Waals surface area (Å²) in [5.41, 5.74) is 10.7. The summed E-state index contributed by atoms with van der Waals surface area (Å²) in [5, 5.41) is 0.982. The molecule has 0 amide bonds. The summed E-state index contributed by atoms with van der Waals surface area (Å²) in [6.07, 6.45) is 1.62. The van der Waals surface area contributed by atoms with Crippen LogP contribution in [0.15, 0.2) is 66.9 Å². The van der Waals surface area contributed by atoms with Crippen molar-refractivity contribution >= 4 is 16.9 Å². The smallest absolute Gasteiger partial charge is 0.310 e. The molecule has 1 unspecified atom stereocenters. The van der Waals surface area contributed by atoms with Gasteiger partial charge in [0.2, 0.25) is 0 Å². The number of halogens is 1. The second-order valence-corrected chi connectivity index (χ2v) is 8.46. The Balaban J connectivity index is 1.56. The Morgan fingerprint density at radius 2 is 1.91 bits per heavy atom. The fourth-order valence-electron chi connectivity index (χ4n) is 4.11. The van der Waals surface area contributed by atoms with Crippen molar-refractivity contribution in [3.8, 4) is 16.9 Å². The van der Waals surface area contributed by atoms with Crippen molar-refractivity contribution in [3.05, 3.63) is 89.4 Å². The highest BCUT2D eigenvalue weighted by Crippen LogP contribution is 2.32. The molecule has 6 nitrogen and oxygen atoms in total. The van der Waals surface area contributed by atoms with E-state index < -0.39 is 0 Å². The summed E-state index contributed by atoms with van der Waals surface area (Å²) in [7, 11) is 1.56. The maximum Gasteiger partial charge on any atom is 0.310 e. The molecule has 0 aliphatic rings. The maximum atomic E-state index is 14.2. The van der Waals surface area contributed by atoms with Crippen molar-refractivity contribution < 1.29 is 23.4 Å². The Kier molecular flexibility index (Phi) is 7.80. The molecule has 0 aliphatic heterocycles.